The van der Waals surface area contributed by atoms with Gasteiger partial charge in [0.1, 0.15) is 0 Å². The van der Waals surface area contributed by atoms with Crippen LogP contribution in [0, 0.1) is 0 Å². The monoisotopic (exact) mass is 382 g/mol. The van der Waals surface area contributed by atoms with Gasteiger partial charge in [-0.2, -0.15) is 0 Å². The molecule has 0 bridgehead atoms. The predicted octanol–water partition coefficient (Wildman–Crippen LogP) is 4.35. The zero-order valence-electron chi connectivity index (χ0n) is 13.1. The lowest BCUT2D eigenvalue weighted by molar-refractivity contribution is -0.124. The molecule has 1 atom stereocenters. The molecule has 1 fully saturated rings. The fraction of sp³-hybridized carbons (Fsp3) is 0.375. The summed E-state index contributed by atoms with van der Waals surface area (Å²) >= 11 is 4.54. The molecule has 1 aliphatic rings. The van der Waals surface area contributed by atoms with Gasteiger partial charge in [0, 0.05) is 24.6 Å². The summed E-state index contributed by atoms with van der Waals surface area (Å²) in [4.78, 5) is 28.2. The molecule has 1 heterocycles. The van der Waals surface area contributed by atoms with Crippen LogP contribution in [0.25, 0.3) is 6.08 Å². The van der Waals surface area contributed by atoms with Gasteiger partial charge in [-0.3, -0.25) is 14.5 Å². The maximum Gasteiger partial charge on any atom is 0.293 e. The van der Waals surface area contributed by atoms with E-state index in [0.717, 1.165) is 33.9 Å². The van der Waals surface area contributed by atoms with E-state index >= 15 is 0 Å². The first-order chi connectivity index (χ1) is 10.3. The third-order valence-corrected chi connectivity index (χ3v) is 5.13. The van der Waals surface area contributed by atoms with Gasteiger partial charge >= 0.3 is 0 Å². The van der Waals surface area contributed by atoms with E-state index in [4.69, 9.17) is 0 Å². The van der Waals surface area contributed by atoms with Crippen molar-refractivity contribution in [3.8, 4) is 0 Å². The van der Waals surface area contributed by atoms with E-state index in [1.807, 2.05) is 51.0 Å². The van der Waals surface area contributed by atoms with Crippen molar-refractivity contribution in [1.82, 2.24) is 4.90 Å². The molecule has 1 aromatic rings. The third-order valence-electron chi connectivity index (χ3n) is 3.61. The predicted molar refractivity (Wildman–Crippen MR) is 96.0 cm³/mol. The average molecular weight is 383 g/mol. The number of amides is 2. The molecular weight excluding hydrogens is 364 g/mol. The summed E-state index contributed by atoms with van der Waals surface area (Å²) in [6, 6.07) is 5.81. The Morgan fingerprint density at radius 1 is 1.36 bits per heavy atom. The molecule has 1 aromatic carbocycles. The number of nitrogens with zero attached hydrogens (tertiary/aromatic N) is 2. The van der Waals surface area contributed by atoms with Crippen LogP contribution in [-0.4, -0.2) is 36.2 Å². The van der Waals surface area contributed by atoms with E-state index < -0.39 is 0 Å². The van der Waals surface area contributed by atoms with Gasteiger partial charge in [-0.05, 0) is 64.8 Å². The average Bonchev–Trinajstić information content (AvgIpc) is 2.72. The van der Waals surface area contributed by atoms with E-state index in [1.54, 1.807) is 6.08 Å². The Kier molecular flexibility index (Phi) is 5.34. The van der Waals surface area contributed by atoms with Crippen LogP contribution < -0.4 is 4.90 Å². The number of anilines is 1. The molecular formula is C16H19BrN2O2S. The number of imide groups is 1. The number of carbonyl (C=O) groups is 2. The molecule has 4 nitrogen and oxygen atoms in total. The van der Waals surface area contributed by atoms with E-state index in [1.165, 1.54) is 4.90 Å². The van der Waals surface area contributed by atoms with Gasteiger partial charge < -0.3 is 4.90 Å². The summed E-state index contributed by atoms with van der Waals surface area (Å²) < 4.78 is 0.951. The van der Waals surface area contributed by atoms with E-state index in [2.05, 4.69) is 15.9 Å². The lowest BCUT2D eigenvalue weighted by atomic mass is 10.1. The lowest BCUT2D eigenvalue weighted by Crippen LogP contribution is -2.36. The molecule has 1 saturated heterocycles. The summed E-state index contributed by atoms with van der Waals surface area (Å²) in [5.41, 5.74) is 1.96. The molecule has 0 radical (unpaired) electrons. The highest BCUT2D eigenvalue weighted by Gasteiger charge is 2.37. The zero-order valence-corrected chi connectivity index (χ0v) is 15.5. The van der Waals surface area contributed by atoms with Crippen LogP contribution in [0.3, 0.4) is 0 Å². The molecule has 118 valence electrons. The molecule has 2 rings (SSSR count). The van der Waals surface area contributed by atoms with Gasteiger partial charge in [0.25, 0.3) is 11.1 Å². The normalized spacial score (nSPS) is 18.2. The van der Waals surface area contributed by atoms with Gasteiger partial charge in [-0.1, -0.05) is 13.0 Å². The fourth-order valence-electron chi connectivity index (χ4n) is 2.17. The van der Waals surface area contributed by atoms with Crippen LogP contribution in [0.2, 0.25) is 0 Å². The van der Waals surface area contributed by atoms with Crippen LogP contribution in [-0.2, 0) is 4.79 Å². The second kappa shape index (κ2) is 6.87. The number of hydrogen-bond acceptors (Lipinski definition) is 4. The van der Waals surface area contributed by atoms with Crippen molar-refractivity contribution in [2.75, 3.05) is 19.0 Å². The van der Waals surface area contributed by atoms with Crippen LogP contribution in [0.15, 0.2) is 27.6 Å². The summed E-state index contributed by atoms with van der Waals surface area (Å²) in [6.07, 6.45) is 2.53. The summed E-state index contributed by atoms with van der Waals surface area (Å²) in [6.45, 7) is 3.86. The summed E-state index contributed by atoms with van der Waals surface area (Å²) in [5, 5.41) is -0.186. The molecule has 0 N–H and O–H groups in total. The van der Waals surface area contributed by atoms with E-state index in [-0.39, 0.29) is 17.2 Å². The summed E-state index contributed by atoms with van der Waals surface area (Å²) in [7, 11) is 3.94. The largest absolute Gasteiger partial charge is 0.377 e. The van der Waals surface area contributed by atoms with Gasteiger partial charge in [0.15, 0.2) is 0 Å². The molecule has 22 heavy (non-hydrogen) atoms. The second-order valence-corrected chi connectivity index (χ2v) is 7.26. The lowest BCUT2D eigenvalue weighted by Gasteiger charge is -2.19. The molecule has 0 aliphatic carbocycles. The first kappa shape index (κ1) is 17.1. The van der Waals surface area contributed by atoms with Gasteiger partial charge in [-0.25, -0.2) is 0 Å². The Balaban J connectivity index is 2.29. The van der Waals surface area contributed by atoms with Crippen LogP contribution in [0.1, 0.15) is 25.8 Å². The molecule has 1 aliphatic heterocycles. The van der Waals surface area contributed by atoms with Crippen molar-refractivity contribution < 1.29 is 9.59 Å². The SMILES string of the molecule is CC[C@@H](C)N1C(=O)S/C(=C\c2ccc(N(C)C)c(Br)c2)C1=O. The quantitative estimate of drug-likeness (QED) is 0.725. The number of hydrogen-bond donors (Lipinski definition) is 0. The minimum Gasteiger partial charge on any atom is -0.377 e. The van der Waals surface area contributed by atoms with Gasteiger partial charge in [0.2, 0.25) is 0 Å². The van der Waals surface area contributed by atoms with Crippen molar-refractivity contribution in [2.45, 2.75) is 26.3 Å². The van der Waals surface area contributed by atoms with Gasteiger partial charge in [0.05, 0.1) is 10.6 Å². The topological polar surface area (TPSA) is 40.6 Å². The number of rotatable bonds is 4. The van der Waals surface area contributed by atoms with Crippen LogP contribution in [0.5, 0.6) is 0 Å². The van der Waals surface area contributed by atoms with Crippen molar-refractivity contribution >= 4 is 50.6 Å². The third kappa shape index (κ3) is 3.38. The van der Waals surface area contributed by atoms with Crippen molar-refractivity contribution in [3.63, 3.8) is 0 Å². The van der Waals surface area contributed by atoms with Crippen molar-refractivity contribution in [3.05, 3.63) is 33.1 Å². The molecule has 6 heteroatoms. The Hall–Kier alpha value is -1.27. The van der Waals surface area contributed by atoms with E-state index in [9.17, 15) is 9.59 Å². The molecule has 0 aromatic heterocycles. The molecule has 0 unspecified atom stereocenters. The van der Waals surface area contributed by atoms with Crippen molar-refractivity contribution in [2.24, 2.45) is 0 Å². The molecule has 0 saturated carbocycles. The van der Waals surface area contributed by atoms with Crippen LogP contribution in [0.4, 0.5) is 10.5 Å². The standard InChI is InChI=1S/C16H19BrN2O2S/c1-5-10(2)19-15(20)14(22-16(19)21)9-11-6-7-13(18(3)4)12(17)8-11/h6-10H,5H2,1-4H3/b14-9-/t10-/m1/s1. The minimum absolute atomic E-state index is 0.0683. The van der Waals surface area contributed by atoms with Crippen LogP contribution >= 0.6 is 27.7 Å². The Bertz CT molecular complexity index is 643. The van der Waals surface area contributed by atoms with Crippen molar-refractivity contribution in [1.29, 1.82) is 0 Å². The highest BCUT2D eigenvalue weighted by Crippen LogP contribution is 2.35. The number of carbonyl (C=O) groups excluding carboxylic acids is 2. The highest BCUT2D eigenvalue weighted by molar-refractivity contribution is 9.10. The zero-order chi connectivity index (χ0) is 16.4. The minimum atomic E-state index is -0.197. The molecule has 2 amide bonds. The first-order valence-electron chi connectivity index (χ1n) is 7.09. The Morgan fingerprint density at radius 3 is 2.59 bits per heavy atom. The number of halogens is 1. The Morgan fingerprint density at radius 2 is 2.05 bits per heavy atom. The number of thioether (sulfide) groups is 1. The number of benzene rings is 1. The maximum atomic E-state index is 12.4. The molecule has 0 spiro atoms. The first-order valence-corrected chi connectivity index (χ1v) is 8.70. The summed E-state index contributed by atoms with van der Waals surface area (Å²) in [5.74, 6) is -0.197. The second-order valence-electron chi connectivity index (χ2n) is 5.41. The van der Waals surface area contributed by atoms with Gasteiger partial charge in [-0.15, -0.1) is 0 Å². The van der Waals surface area contributed by atoms with E-state index in [0.29, 0.717) is 4.91 Å². The fourth-order valence-corrected chi connectivity index (χ4v) is 3.85. The maximum absolute atomic E-state index is 12.4. The Labute approximate surface area is 143 Å². The smallest absolute Gasteiger partial charge is 0.293 e. The highest BCUT2D eigenvalue weighted by atomic mass is 79.9.